The Hall–Kier alpha value is -2.38. The molecule has 2 heterocycles. The monoisotopic (exact) mass is 403 g/mol. The second kappa shape index (κ2) is 9.71. The van der Waals surface area contributed by atoms with Crippen molar-refractivity contribution in [2.45, 2.75) is 19.3 Å². The third-order valence-corrected chi connectivity index (χ3v) is 4.74. The van der Waals surface area contributed by atoms with Crippen LogP contribution in [0.25, 0.3) is 0 Å². The first-order valence-corrected chi connectivity index (χ1v) is 9.87. The third kappa shape index (κ3) is 5.56. The molecule has 0 aliphatic carbocycles. The molecule has 0 spiro atoms. The normalized spacial score (nSPS) is 13.8. The SMILES string of the molecule is CN(C)CCCOc1ccc(NC(=O)c2nc(N3CCCC3)ncc2Cl)cc1. The molecular weight excluding hydrogens is 378 g/mol. The van der Waals surface area contributed by atoms with Crippen LogP contribution in [-0.2, 0) is 0 Å². The van der Waals surface area contributed by atoms with Crippen LogP contribution in [0.2, 0.25) is 5.02 Å². The number of nitrogens with zero attached hydrogens (tertiary/aromatic N) is 4. The predicted octanol–water partition coefficient (Wildman–Crippen LogP) is 3.31. The minimum absolute atomic E-state index is 0.183. The molecule has 1 aliphatic heterocycles. The largest absolute Gasteiger partial charge is 0.494 e. The summed E-state index contributed by atoms with van der Waals surface area (Å²) in [5, 5.41) is 3.07. The molecule has 0 unspecified atom stereocenters. The van der Waals surface area contributed by atoms with E-state index >= 15 is 0 Å². The molecule has 3 rings (SSSR count). The van der Waals surface area contributed by atoms with Gasteiger partial charge >= 0.3 is 0 Å². The molecule has 1 amide bonds. The Morgan fingerprint density at radius 1 is 1.25 bits per heavy atom. The van der Waals surface area contributed by atoms with E-state index in [0.29, 0.717) is 18.2 Å². The van der Waals surface area contributed by atoms with Crippen LogP contribution >= 0.6 is 11.6 Å². The third-order valence-electron chi connectivity index (χ3n) is 4.47. The molecule has 1 saturated heterocycles. The van der Waals surface area contributed by atoms with Crippen molar-refractivity contribution in [3.8, 4) is 5.75 Å². The molecule has 1 aromatic carbocycles. The summed E-state index contributed by atoms with van der Waals surface area (Å²) in [7, 11) is 4.07. The molecular formula is C20H26ClN5O2. The highest BCUT2D eigenvalue weighted by Crippen LogP contribution is 2.22. The first kappa shape index (κ1) is 20.4. The van der Waals surface area contributed by atoms with E-state index < -0.39 is 0 Å². The van der Waals surface area contributed by atoms with Gasteiger partial charge in [-0.3, -0.25) is 4.79 Å². The molecule has 1 aromatic heterocycles. The minimum atomic E-state index is -0.354. The van der Waals surface area contributed by atoms with Crippen LogP contribution in [0.15, 0.2) is 30.5 Å². The highest BCUT2D eigenvalue weighted by atomic mass is 35.5. The van der Waals surface area contributed by atoms with E-state index in [1.807, 2.05) is 26.2 Å². The van der Waals surface area contributed by atoms with Gasteiger partial charge in [-0.25, -0.2) is 9.97 Å². The van der Waals surface area contributed by atoms with E-state index in [9.17, 15) is 4.79 Å². The summed E-state index contributed by atoms with van der Waals surface area (Å²) < 4.78 is 5.71. The number of halogens is 1. The predicted molar refractivity (Wildman–Crippen MR) is 112 cm³/mol. The minimum Gasteiger partial charge on any atom is -0.494 e. The lowest BCUT2D eigenvalue weighted by Crippen LogP contribution is -2.23. The van der Waals surface area contributed by atoms with Crippen molar-refractivity contribution < 1.29 is 9.53 Å². The van der Waals surface area contributed by atoms with E-state index in [1.165, 1.54) is 6.20 Å². The van der Waals surface area contributed by atoms with Gasteiger partial charge < -0.3 is 19.9 Å². The van der Waals surface area contributed by atoms with Crippen molar-refractivity contribution in [1.82, 2.24) is 14.9 Å². The number of aromatic nitrogens is 2. The van der Waals surface area contributed by atoms with Gasteiger partial charge in [0.2, 0.25) is 5.95 Å². The van der Waals surface area contributed by atoms with Crippen molar-refractivity contribution >= 4 is 29.1 Å². The van der Waals surface area contributed by atoms with Crippen LogP contribution in [0, 0.1) is 0 Å². The van der Waals surface area contributed by atoms with Crippen molar-refractivity contribution in [3.05, 3.63) is 41.2 Å². The molecule has 150 valence electrons. The van der Waals surface area contributed by atoms with E-state index in [-0.39, 0.29) is 16.6 Å². The van der Waals surface area contributed by atoms with Gasteiger partial charge in [-0.05, 0) is 57.6 Å². The highest BCUT2D eigenvalue weighted by Gasteiger charge is 2.19. The van der Waals surface area contributed by atoms with Gasteiger partial charge in [0, 0.05) is 25.3 Å². The fraction of sp³-hybridized carbons (Fsp3) is 0.450. The first-order valence-electron chi connectivity index (χ1n) is 9.49. The lowest BCUT2D eigenvalue weighted by Gasteiger charge is -2.16. The molecule has 1 aliphatic rings. The number of hydrogen-bond donors (Lipinski definition) is 1. The Labute approximate surface area is 170 Å². The second-order valence-electron chi connectivity index (χ2n) is 7.04. The molecule has 2 aromatic rings. The number of ether oxygens (including phenoxy) is 1. The fourth-order valence-corrected chi connectivity index (χ4v) is 3.16. The van der Waals surface area contributed by atoms with Crippen LogP contribution in [0.4, 0.5) is 11.6 Å². The van der Waals surface area contributed by atoms with Crippen molar-refractivity contribution in [3.63, 3.8) is 0 Å². The maximum absolute atomic E-state index is 12.6. The zero-order valence-corrected chi connectivity index (χ0v) is 17.1. The lowest BCUT2D eigenvalue weighted by molar-refractivity contribution is 0.102. The maximum Gasteiger partial charge on any atom is 0.276 e. The molecule has 0 saturated carbocycles. The number of anilines is 2. The smallest absolute Gasteiger partial charge is 0.276 e. The molecule has 0 atom stereocenters. The highest BCUT2D eigenvalue weighted by molar-refractivity contribution is 6.34. The van der Waals surface area contributed by atoms with Crippen LogP contribution in [0.3, 0.4) is 0 Å². The topological polar surface area (TPSA) is 70.6 Å². The van der Waals surface area contributed by atoms with Gasteiger partial charge in [-0.15, -0.1) is 0 Å². The molecule has 28 heavy (non-hydrogen) atoms. The Morgan fingerprint density at radius 3 is 2.64 bits per heavy atom. The average Bonchev–Trinajstić information content (AvgIpc) is 3.21. The van der Waals surface area contributed by atoms with Gasteiger partial charge in [0.1, 0.15) is 5.75 Å². The summed E-state index contributed by atoms with van der Waals surface area (Å²) in [5.41, 5.74) is 0.839. The van der Waals surface area contributed by atoms with Crippen molar-refractivity contribution in [1.29, 1.82) is 0 Å². The Balaban J connectivity index is 1.59. The van der Waals surface area contributed by atoms with Crippen LogP contribution in [0.5, 0.6) is 5.75 Å². The van der Waals surface area contributed by atoms with Crippen molar-refractivity contribution in [2.24, 2.45) is 0 Å². The number of rotatable bonds is 8. The van der Waals surface area contributed by atoms with E-state index in [4.69, 9.17) is 16.3 Å². The maximum atomic E-state index is 12.6. The first-order chi connectivity index (χ1) is 13.5. The number of nitrogens with one attached hydrogen (secondary N) is 1. The van der Waals surface area contributed by atoms with Gasteiger partial charge in [0.25, 0.3) is 5.91 Å². The van der Waals surface area contributed by atoms with Gasteiger partial charge in [-0.2, -0.15) is 0 Å². The Bertz CT molecular complexity index is 792. The average molecular weight is 404 g/mol. The zero-order chi connectivity index (χ0) is 19.9. The quantitative estimate of drug-likeness (QED) is 0.682. The standard InChI is InChI=1S/C20H26ClN5O2/c1-25(2)10-5-13-28-16-8-6-15(7-9-16)23-19(27)18-17(21)14-22-20(24-18)26-11-3-4-12-26/h6-9,14H,3-5,10-13H2,1-2H3,(H,23,27). The molecule has 1 N–H and O–H groups in total. The van der Waals surface area contributed by atoms with Gasteiger partial charge in [-0.1, -0.05) is 11.6 Å². The molecule has 7 nitrogen and oxygen atoms in total. The summed E-state index contributed by atoms with van der Waals surface area (Å²) in [6.07, 6.45) is 4.66. The number of hydrogen-bond acceptors (Lipinski definition) is 6. The van der Waals surface area contributed by atoms with Crippen LogP contribution in [-0.4, -0.2) is 61.1 Å². The summed E-state index contributed by atoms with van der Waals surface area (Å²) in [5.74, 6) is 0.967. The summed E-state index contributed by atoms with van der Waals surface area (Å²) in [6.45, 7) is 3.43. The van der Waals surface area contributed by atoms with Crippen LogP contribution < -0.4 is 15.0 Å². The fourth-order valence-electron chi connectivity index (χ4n) is 2.98. The van der Waals surface area contributed by atoms with E-state index in [0.717, 1.165) is 44.6 Å². The second-order valence-corrected chi connectivity index (χ2v) is 7.45. The lowest BCUT2D eigenvalue weighted by atomic mass is 10.3. The van der Waals surface area contributed by atoms with Crippen LogP contribution in [0.1, 0.15) is 29.8 Å². The number of carbonyl (C=O) groups excluding carboxylic acids is 1. The summed E-state index contributed by atoms with van der Waals surface area (Å²) >= 11 is 6.15. The van der Waals surface area contributed by atoms with Gasteiger partial charge in [0.05, 0.1) is 17.8 Å². The van der Waals surface area contributed by atoms with E-state index in [1.54, 1.807) is 12.1 Å². The molecule has 1 fully saturated rings. The Kier molecular flexibility index (Phi) is 7.06. The Morgan fingerprint density at radius 2 is 1.96 bits per heavy atom. The van der Waals surface area contributed by atoms with Gasteiger partial charge in [0.15, 0.2) is 5.69 Å². The number of carbonyl (C=O) groups is 1. The summed E-state index contributed by atoms with van der Waals surface area (Å²) in [6, 6.07) is 7.27. The molecule has 0 radical (unpaired) electrons. The summed E-state index contributed by atoms with van der Waals surface area (Å²) in [4.78, 5) is 25.4. The molecule has 8 heteroatoms. The molecule has 0 bridgehead atoms. The number of amides is 1. The zero-order valence-electron chi connectivity index (χ0n) is 16.3. The van der Waals surface area contributed by atoms with E-state index in [2.05, 4.69) is 25.1 Å². The number of benzene rings is 1. The van der Waals surface area contributed by atoms with Crippen molar-refractivity contribution in [2.75, 3.05) is 50.6 Å².